The minimum atomic E-state index is -3.89. The van der Waals surface area contributed by atoms with E-state index in [0.717, 1.165) is 15.8 Å². The molecule has 0 aliphatic carbocycles. The number of likely N-dealkylation sites (tertiary alicyclic amines) is 1. The van der Waals surface area contributed by atoms with Crippen LogP contribution in [-0.2, 0) is 30.8 Å². The lowest BCUT2D eigenvalue weighted by Gasteiger charge is -2.34. The number of carbonyl (C=O) groups is 2. The lowest BCUT2D eigenvalue weighted by molar-refractivity contribution is -0.146. The number of carbonyl (C=O) groups excluding carboxylic acids is 2. The lowest BCUT2D eigenvalue weighted by atomic mass is 10.0. The molecule has 0 bridgehead atoms. The van der Waals surface area contributed by atoms with E-state index < -0.39 is 22.1 Å². The Kier molecular flexibility index (Phi) is 8.28. The van der Waals surface area contributed by atoms with Gasteiger partial charge in [-0.1, -0.05) is 41.9 Å². The van der Waals surface area contributed by atoms with E-state index in [1.807, 2.05) is 30.3 Å². The van der Waals surface area contributed by atoms with Gasteiger partial charge in [0.05, 0.1) is 23.0 Å². The summed E-state index contributed by atoms with van der Waals surface area (Å²) < 4.78 is 34.0. The van der Waals surface area contributed by atoms with Crippen molar-refractivity contribution in [2.75, 3.05) is 32.8 Å². The lowest BCUT2D eigenvalue weighted by Crippen LogP contribution is -2.54. The van der Waals surface area contributed by atoms with Crippen LogP contribution in [0.15, 0.2) is 47.9 Å². The predicted octanol–water partition coefficient (Wildman–Crippen LogP) is 2.75. The molecule has 188 valence electrons. The first-order valence-electron chi connectivity index (χ1n) is 11.4. The number of sulfonamides is 1. The van der Waals surface area contributed by atoms with Crippen LogP contribution in [-0.4, -0.2) is 75.0 Å². The molecule has 2 aromatic rings. The molecule has 2 saturated heterocycles. The van der Waals surface area contributed by atoms with Crippen LogP contribution in [0.2, 0.25) is 4.34 Å². The van der Waals surface area contributed by atoms with E-state index in [-0.39, 0.29) is 18.2 Å². The van der Waals surface area contributed by atoms with Crippen LogP contribution in [0.4, 0.5) is 0 Å². The van der Waals surface area contributed by atoms with E-state index in [1.54, 1.807) is 24.0 Å². The van der Waals surface area contributed by atoms with Crippen LogP contribution < -0.4 is 4.72 Å². The molecule has 0 unspecified atom stereocenters. The summed E-state index contributed by atoms with van der Waals surface area (Å²) in [6, 6.07) is 11.4. The summed E-state index contributed by atoms with van der Waals surface area (Å²) in [6.07, 6.45) is 0.651. The molecule has 2 atom stereocenters. The molecule has 11 heteroatoms. The highest BCUT2D eigenvalue weighted by Gasteiger charge is 2.41. The molecule has 0 spiro atoms. The van der Waals surface area contributed by atoms with Crippen LogP contribution in [0, 0.1) is 0 Å². The second kappa shape index (κ2) is 11.2. The molecule has 8 nitrogen and oxygen atoms in total. The summed E-state index contributed by atoms with van der Waals surface area (Å²) in [5, 5.41) is 1.12. The first kappa shape index (κ1) is 25.8. The number of morpholine rings is 1. The maximum atomic E-state index is 13.5. The van der Waals surface area contributed by atoms with Gasteiger partial charge in [0.2, 0.25) is 21.8 Å². The number of nitrogens with zero attached hydrogens (tertiary/aromatic N) is 2. The Morgan fingerprint density at radius 3 is 2.57 bits per heavy atom. The molecule has 2 aliphatic heterocycles. The van der Waals surface area contributed by atoms with Crippen LogP contribution in [0.5, 0.6) is 0 Å². The average Bonchev–Trinajstić information content (AvgIpc) is 3.43. The fourth-order valence-electron chi connectivity index (χ4n) is 4.33. The van der Waals surface area contributed by atoms with Gasteiger partial charge in [0.1, 0.15) is 12.1 Å². The zero-order chi connectivity index (χ0) is 25.0. The van der Waals surface area contributed by atoms with Crippen LogP contribution in [0.1, 0.15) is 23.8 Å². The monoisotopic (exact) mass is 537 g/mol. The van der Waals surface area contributed by atoms with E-state index in [9.17, 15) is 18.0 Å². The molecular weight excluding hydrogens is 510 g/mol. The Labute approximate surface area is 214 Å². The summed E-state index contributed by atoms with van der Waals surface area (Å²) in [5.74, 6) is -0.527. The number of hydrogen-bond acceptors (Lipinski definition) is 6. The third-order valence-electron chi connectivity index (χ3n) is 6.10. The molecule has 1 aromatic heterocycles. The fourth-order valence-corrected chi connectivity index (χ4v) is 6.70. The zero-order valence-corrected chi connectivity index (χ0v) is 21.7. The number of ether oxygens (including phenoxy) is 1. The Balaban J connectivity index is 1.50. The Morgan fingerprint density at radius 1 is 1.20 bits per heavy atom. The standard InChI is InChI=1S/C24H28ClN3O5S2/c1-17(21-7-8-22(25)34-21)16-35(31,32)26-19-9-10-28(23(19)29)20(15-18-5-3-2-4-6-18)24(30)27-11-13-33-14-12-27/h2-8,16,19-20,26H,9-15H2,1H3/b17-16-/t19-,20-/m0/s1. The largest absolute Gasteiger partial charge is 0.378 e. The van der Waals surface area contributed by atoms with Crippen molar-refractivity contribution >= 4 is 50.3 Å². The first-order valence-corrected chi connectivity index (χ1v) is 14.1. The topological polar surface area (TPSA) is 96.0 Å². The van der Waals surface area contributed by atoms with Crippen molar-refractivity contribution in [2.45, 2.75) is 31.8 Å². The second-order valence-corrected chi connectivity index (χ2v) is 11.9. The van der Waals surface area contributed by atoms with E-state index in [1.165, 1.54) is 16.2 Å². The van der Waals surface area contributed by atoms with Gasteiger partial charge in [-0.15, -0.1) is 11.3 Å². The average molecular weight is 538 g/mol. The zero-order valence-electron chi connectivity index (χ0n) is 19.4. The van der Waals surface area contributed by atoms with Gasteiger partial charge >= 0.3 is 0 Å². The maximum absolute atomic E-state index is 13.5. The summed E-state index contributed by atoms with van der Waals surface area (Å²) in [5.41, 5.74) is 1.46. The van der Waals surface area contributed by atoms with Gasteiger partial charge in [-0.2, -0.15) is 4.72 Å². The molecule has 2 aliphatic rings. The molecule has 2 fully saturated rings. The Bertz CT molecular complexity index is 1190. The smallest absolute Gasteiger partial charge is 0.245 e. The van der Waals surface area contributed by atoms with Gasteiger partial charge in [0.25, 0.3) is 0 Å². The summed E-state index contributed by atoms with van der Waals surface area (Å²) >= 11 is 7.24. The number of hydrogen-bond donors (Lipinski definition) is 1. The fraction of sp³-hybridized carbons (Fsp3) is 0.417. The Hall–Kier alpha value is -2.24. The van der Waals surface area contributed by atoms with E-state index in [2.05, 4.69) is 4.72 Å². The van der Waals surface area contributed by atoms with Gasteiger partial charge in [-0.05, 0) is 36.6 Å². The third-order valence-corrected chi connectivity index (χ3v) is 8.74. The predicted molar refractivity (Wildman–Crippen MR) is 136 cm³/mol. The van der Waals surface area contributed by atoms with Crippen LogP contribution in [0.25, 0.3) is 5.57 Å². The highest BCUT2D eigenvalue weighted by Crippen LogP contribution is 2.28. The van der Waals surface area contributed by atoms with E-state index in [0.29, 0.717) is 49.2 Å². The van der Waals surface area contributed by atoms with E-state index in [4.69, 9.17) is 16.3 Å². The van der Waals surface area contributed by atoms with Gasteiger partial charge in [0, 0.05) is 30.9 Å². The van der Waals surface area contributed by atoms with Crippen molar-refractivity contribution in [1.82, 2.24) is 14.5 Å². The first-order chi connectivity index (χ1) is 16.7. The molecule has 4 rings (SSSR count). The van der Waals surface area contributed by atoms with Crippen molar-refractivity contribution in [3.8, 4) is 0 Å². The maximum Gasteiger partial charge on any atom is 0.245 e. The number of thiophene rings is 1. The SMILES string of the molecule is C/C(=C/S(=O)(=O)N[C@H]1CCN([C@@H](Cc2ccccc2)C(=O)N2CCOCC2)C1=O)c1ccc(Cl)s1. The molecule has 0 radical (unpaired) electrons. The molecule has 2 amide bonds. The number of nitrogens with one attached hydrogen (secondary N) is 1. The number of benzene rings is 1. The van der Waals surface area contributed by atoms with E-state index >= 15 is 0 Å². The number of allylic oxidation sites excluding steroid dienone is 1. The number of rotatable bonds is 8. The second-order valence-electron chi connectivity index (χ2n) is 8.58. The van der Waals surface area contributed by atoms with Crippen molar-refractivity contribution in [3.05, 3.63) is 62.6 Å². The minimum Gasteiger partial charge on any atom is -0.378 e. The summed E-state index contributed by atoms with van der Waals surface area (Å²) in [7, 11) is -3.89. The van der Waals surface area contributed by atoms with Gasteiger partial charge < -0.3 is 14.5 Å². The minimum absolute atomic E-state index is 0.140. The summed E-state index contributed by atoms with van der Waals surface area (Å²) in [4.78, 5) is 30.8. The van der Waals surface area contributed by atoms with Crippen molar-refractivity contribution in [2.24, 2.45) is 0 Å². The number of halogens is 1. The van der Waals surface area contributed by atoms with Crippen molar-refractivity contribution in [3.63, 3.8) is 0 Å². The molecule has 1 N–H and O–H groups in total. The summed E-state index contributed by atoms with van der Waals surface area (Å²) in [6.45, 7) is 3.84. The molecule has 35 heavy (non-hydrogen) atoms. The van der Waals surface area contributed by atoms with Gasteiger partial charge in [-0.3, -0.25) is 9.59 Å². The van der Waals surface area contributed by atoms with Crippen LogP contribution in [0.3, 0.4) is 0 Å². The molecular formula is C24H28ClN3O5S2. The van der Waals surface area contributed by atoms with Gasteiger partial charge in [0.15, 0.2) is 0 Å². The Morgan fingerprint density at radius 2 is 1.91 bits per heavy atom. The molecule has 1 aromatic carbocycles. The highest BCUT2D eigenvalue weighted by atomic mass is 35.5. The van der Waals surface area contributed by atoms with Crippen molar-refractivity contribution in [1.29, 1.82) is 0 Å². The molecule has 3 heterocycles. The van der Waals surface area contributed by atoms with Crippen molar-refractivity contribution < 1.29 is 22.7 Å². The normalized spacial score (nSPS) is 20.3. The molecule has 0 saturated carbocycles. The quantitative estimate of drug-likeness (QED) is 0.558. The van der Waals surface area contributed by atoms with Gasteiger partial charge in [-0.25, -0.2) is 8.42 Å². The van der Waals surface area contributed by atoms with Crippen LogP contribution >= 0.6 is 22.9 Å². The highest BCUT2D eigenvalue weighted by molar-refractivity contribution is 7.92. The number of amides is 2. The third kappa shape index (κ3) is 6.50.